The molecule has 1 unspecified atom stereocenters. The zero-order valence-corrected chi connectivity index (χ0v) is 10.1. The highest BCUT2D eigenvalue weighted by Crippen LogP contribution is 2.29. The maximum Gasteiger partial charge on any atom is 0.146 e. The minimum atomic E-state index is -0.231. The number of nitrogens with zero attached hydrogens (tertiary/aromatic N) is 1. The molecule has 4 heteroatoms. The molecule has 1 aromatic rings. The van der Waals surface area contributed by atoms with E-state index in [4.69, 9.17) is 0 Å². The van der Waals surface area contributed by atoms with Gasteiger partial charge in [-0.3, -0.25) is 0 Å². The fourth-order valence-corrected chi connectivity index (χ4v) is 3.08. The van der Waals surface area contributed by atoms with E-state index in [2.05, 4.69) is 6.92 Å². The van der Waals surface area contributed by atoms with E-state index in [0.29, 0.717) is 16.5 Å². The van der Waals surface area contributed by atoms with Crippen LogP contribution in [0.4, 0.5) is 10.1 Å². The van der Waals surface area contributed by atoms with Crippen molar-refractivity contribution in [1.29, 1.82) is 0 Å². The first-order valence-electron chi connectivity index (χ1n) is 5.47. The number of aliphatic hydroxyl groups is 1. The van der Waals surface area contributed by atoms with Crippen molar-refractivity contribution in [2.24, 2.45) is 0 Å². The average molecular weight is 241 g/mol. The third kappa shape index (κ3) is 2.33. The van der Waals surface area contributed by atoms with Crippen molar-refractivity contribution in [3.8, 4) is 0 Å². The van der Waals surface area contributed by atoms with Crippen LogP contribution in [-0.4, -0.2) is 29.2 Å². The molecule has 0 saturated carbocycles. The molecule has 1 aliphatic heterocycles. The number of halogens is 1. The van der Waals surface area contributed by atoms with Crippen LogP contribution in [0.2, 0.25) is 0 Å². The fraction of sp³-hybridized carbons (Fsp3) is 0.500. The Balaban J connectivity index is 2.30. The van der Waals surface area contributed by atoms with Gasteiger partial charge in [0.15, 0.2) is 0 Å². The SMILES string of the molecule is CC1CN(c2c(F)cccc2CO)CCS1. The molecule has 1 saturated heterocycles. The first-order valence-corrected chi connectivity index (χ1v) is 6.52. The van der Waals surface area contributed by atoms with E-state index in [0.717, 1.165) is 18.8 Å². The molecule has 1 N–H and O–H groups in total. The summed E-state index contributed by atoms with van der Waals surface area (Å²) in [5.74, 6) is 0.783. The molecule has 0 amide bonds. The molecule has 16 heavy (non-hydrogen) atoms. The van der Waals surface area contributed by atoms with E-state index in [9.17, 15) is 9.50 Å². The Labute approximate surface area is 99.5 Å². The van der Waals surface area contributed by atoms with Crippen molar-refractivity contribution in [2.75, 3.05) is 23.7 Å². The molecule has 1 aromatic carbocycles. The molecule has 0 radical (unpaired) electrons. The van der Waals surface area contributed by atoms with Crippen LogP contribution in [-0.2, 0) is 6.61 Å². The zero-order valence-electron chi connectivity index (χ0n) is 9.32. The lowest BCUT2D eigenvalue weighted by Gasteiger charge is -2.33. The van der Waals surface area contributed by atoms with E-state index in [1.807, 2.05) is 16.7 Å². The predicted octanol–water partition coefficient (Wildman–Crippen LogP) is 2.26. The van der Waals surface area contributed by atoms with Gasteiger partial charge < -0.3 is 10.0 Å². The van der Waals surface area contributed by atoms with Crippen molar-refractivity contribution in [3.05, 3.63) is 29.6 Å². The van der Waals surface area contributed by atoms with Crippen LogP contribution in [0.25, 0.3) is 0 Å². The van der Waals surface area contributed by atoms with Gasteiger partial charge in [0.1, 0.15) is 5.82 Å². The second-order valence-electron chi connectivity index (χ2n) is 4.03. The molecule has 1 aliphatic rings. The summed E-state index contributed by atoms with van der Waals surface area (Å²) in [5, 5.41) is 9.75. The Bertz CT molecular complexity index is 372. The highest BCUT2D eigenvalue weighted by molar-refractivity contribution is 8.00. The summed E-state index contributed by atoms with van der Waals surface area (Å²) < 4.78 is 13.8. The molecule has 2 rings (SSSR count). The van der Waals surface area contributed by atoms with Crippen molar-refractivity contribution in [3.63, 3.8) is 0 Å². The van der Waals surface area contributed by atoms with E-state index in [1.165, 1.54) is 6.07 Å². The summed E-state index contributed by atoms with van der Waals surface area (Å²) >= 11 is 1.91. The Morgan fingerprint density at radius 1 is 1.56 bits per heavy atom. The molecule has 1 atom stereocenters. The van der Waals surface area contributed by atoms with E-state index >= 15 is 0 Å². The first-order chi connectivity index (χ1) is 7.72. The fourth-order valence-electron chi connectivity index (χ4n) is 2.06. The van der Waals surface area contributed by atoms with E-state index in [-0.39, 0.29) is 12.4 Å². The zero-order chi connectivity index (χ0) is 11.5. The number of thioether (sulfide) groups is 1. The van der Waals surface area contributed by atoms with Crippen molar-refractivity contribution < 1.29 is 9.50 Å². The smallest absolute Gasteiger partial charge is 0.146 e. The quantitative estimate of drug-likeness (QED) is 0.859. The van der Waals surface area contributed by atoms with Gasteiger partial charge in [-0.25, -0.2) is 4.39 Å². The van der Waals surface area contributed by atoms with Gasteiger partial charge in [0.05, 0.1) is 12.3 Å². The van der Waals surface area contributed by atoms with Crippen molar-refractivity contribution >= 4 is 17.4 Å². The lowest BCUT2D eigenvalue weighted by atomic mass is 10.1. The number of benzene rings is 1. The predicted molar refractivity (Wildman–Crippen MR) is 66.5 cm³/mol. The van der Waals surface area contributed by atoms with Gasteiger partial charge in [-0.05, 0) is 6.07 Å². The molecule has 1 fully saturated rings. The topological polar surface area (TPSA) is 23.5 Å². The maximum atomic E-state index is 13.8. The lowest BCUT2D eigenvalue weighted by molar-refractivity contribution is 0.281. The van der Waals surface area contributed by atoms with Gasteiger partial charge in [-0.1, -0.05) is 19.1 Å². The second-order valence-corrected chi connectivity index (χ2v) is 5.58. The Kier molecular flexibility index (Phi) is 3.71. The van der Waals surface area contributed by atoms with Crippen LogP contribution in [0.15, 0.2) is 18.2 Å². The summed E-state index contributed by atoms with van der Waals surface area (Å²) in [7, 11) is 0. The molecular formula is C12H16FNOS. The number of anilines is 1. The van der Waals surface area contributed by atoms with Crippen LogP contribution < -0.4 is 4.90 Å². The first kappa shape index (κ1) is 11.7. The van der Waals surface area contributed by atoms with Gasteiger partial charge in [-0.2, -0.15) is 11.8 Å². The molecular weight excluding hydrogens is 225 g/mol. The van der Waals surface area contributed by atoms with E-state index in [1.54, 1.807) is 12.1 Å². The third-order valence-electron chi connectivity index (χ3n) is 2.80. The normalized spacial score (nSPS) is 21.2. The van der Waals surface area contributed by atoms with Crippen LogP contribution in [0.1, 0.15) is 12.5 Å². The molecule has 0 spiro atoms. The highest BCUT2D eigenvalue weighted by atomic mass is 32.2. The molecule has 0 bridgehead atoms. The average Bonchev–Trinajstić information content (AvgIpc) is 2.28. The Morgan fingerprint density at radius 2 is 2.38 bits per heavy atom. The van der Waals surface area contributed by atoms with Gasteiger partial charge in [0, 0.05) is 29.7 Å². The summed E-state index contributed by atoms with van der Waals surface area (Å²) in [6.45, 7) is 3.74. The Hall–Kier alpha value is -0.740. The van der Waals surface area contributed by atoms with Gasteiger partial charge in [-0.15, -0.1) is 0 Å². The summed E-state index contributed by atoms with van der Waals surface area (Å²) in [6, 6.07) is 4.89. The van der Waals surface area contributed by atoms with Crippen LogP contribution >= 0.6 is 11.8 Å². The molecule has 88 valence electrons. The van der Waals surface area contributed by atoms with Crippen molar-refractivity contribution in [2.45, 2.75) is 18.8 Å². The third-order valence-corrected chi connectivity index (χ3v) is 3.93. The van der Waals surface area contributed by atoms with Gasteiger partial charge in [0.2, 0.25) is 0 Å². The monoisotopic (exact) mass is 241 g/mol. The largest absolute Gasteiger partial charge is 0.392 e. The number of rotatable bonds is 2. The van der Waals surface area contributed by atoms with Crippen LogP contribution in [0.3, 0.4) is 0 Å². The van der Waals surface area contributed by atoms with Crippen LogP contribution in [0, 0.1) is 5.82 Å². The summed E-state index contributed by atoms with van der Waals surface area (Å²) in [4.78, 5) is 2.04. The minimum Gasteiger partial charge on any atom is -0.392 e. The Morgan fingerprint density at radius 3 is 3.06 bits per heavy atom. The number of hydrogen-bond donors (Lipinski definition) is 1. The minimum absolute atomic E-state index is 0.106. The number of para-hydroxylation sites is 1. The van der Waals surface area contributed by atoms with Crippen molar-refractivity contribution in [1.82, 2.24) is 0 Å². The van der Waals surface area contributed by atoms with Gasteiger partial charge in [0.25, 0.3) is 0 Å². The molecule has 2 nitrogen and oxygen atoms in total. The number of aliphatic hydroxyl groups excluding tert-OH is 1. The standard InChI is InChI=1S/C12H16FNOS/c1-9-7-14(5-6-16-9)12-10(8-15)3-2-4-11(12)13/h2-4,9,15H,5-8H2,1H3. The summed E-state index contributed by atoms with van der Waals surface area (Å²) in [6.07, 6.45) is 0. The number of hydrogen-bond acceptors (Lipinski definition) is 3. The van der Waals surface area contributed by atoms with Crippen LogP contribution in [0.5, 0.6) is 0 Å². The molecule has 0 aromatic heterocycles. The van der Waals surface area contributed by atoms with E-state index < -0.39 is 0 Å². The highest BCUT2D eigenvalue weighted by Gasteiger charge is 2.21. The maximum absolute atomic E-state index is 13.8. The summed E-state index contributed by atoms with van der Waals surface area (Å²) in [5.41, 5.74) is 1.26. The lowest BCUT2D eigenvalue weighted by Crippen LogP contribution is -2.37. The second kappa shape index (κ2) is 5.06. The molecule has 0 aliphatic carbocycles. The molecule has 1 heterocycles. The van der Waals surface area contributed by atoms with Gasteiger partial charge >= 0.3 is 0 Å².